The van der Waals surface area contributed by atoms with Crippen LogP contribution in [-0.2, 0) is 35.6 Å². The van der Waals surface area contributed by atoms with Gasteiger partial charge in [-0.05, 0) is 102 Å². The number of pyridine rings is 1. The van der Waals surface area contributed by atoms with E-state index >= 15 is 0 Å². The number of sulfonamides is 1. The van der Waals surface area contributed by atoms with E-state index in [9.17, 15) is 27.6 Å². The molecule has 0 spiro atoms. The van der Waals surface area contributed by atoms with Crippen molar-refractivity contribution in [3.8, 4) is 11.6 Å². The summed E-state index contributed by atoms with van der Waals surface area (Å²) in [5.41, 5.74) is -0.00292. The number of nitrogens with zero attached hydrogens (tertiary/aromatic N) is 2. The molecule has 8 rings (SSSR count). The molecular weight excluding hydrogens is 763 g/mol. The Kier molecular flexibility index (Phi) is 11.6. The number of hydrogen-bond acceptors (Lipinski definition) is 10. The van der Waals surface area contributed by atoms with E-state index in [4.69, 9.17) is 19.2 Å². The minimum Gasteiger partial charge on any atom is -0.493 e. The van der Waals surface area contributed by atoms with Gasteiger partial charge in [-0.2, -0.15) is 0 Å². The zero-order chi connectivity index (χ0) is 40.6. The SMILES string of the molecule is C=C[C@@H]1C[C@]1(NC(=O)[C@@H]1C[C@@H]2CN1C(=O)[C@H](C1CCCC1)NC(=O)O[C@@H]1CCC[C@H]1CCCCCc1c(nc3ccccc3c1OCC)O2)C(=O)NS(=O)(=O)C1CC1. The number of rotatable bonds is 9. The van der Waals surface area contributed by atoms with Crippen molar-refractivity contribution in [2.45, 2.75) is 145 Å². The maximum Gasteiger partial charge on any atom is 0.408 e. The largest absolute Gasteiger partial charge is 0.493 e. The van der Waals surface area contributed by atoms with Gasteiger partial charge in [-0.1, -0.05) is 43.9 Å². The number of carbonyl (C=O) groups excluding carboxylic acids is 4. The van der Waals surface area contributed by atoms with Crippen molar-refractivity contribution < 1.29 is 41.8 Å². The van der Waals surface area contributed by atoms with Crippen LogP contribution in [0.1, 0.15) is 109 Å². The molecule has 14 nitrogen and oxygen atoms in total. The molecule has 6 aliphatic rings. The van der Waals surface area contributed by atoms with Gasteiger partial charge in [-0.15, -0.1) is 6.58 Å². The fraction of sp³-hybridized carbons (Fsp3) is 0.651. The fourth-order valence-corrected chi connectivity index (χ4v) is 11.3. The monoisotopic (exact) mass is 819 g/mol. The molecule has 4 amide bonds. The maximum absolute atomic E-state index is 14.9. The van der Waals surface area contributed by atoms with Gasteiger partial charge in [0.1, 0.15) is 35.6 Å². The molecule has 7 atom stereocenters. The van der Waals surface area contributed by atoms with E-state index in [0.29, 0.717) is 43.0 Å². The van der Waals surface area contributed by atoms with Gasteiger partial charge in [0.25, 0.3) is 5.91 Å². The topological polar surface area (TPSA) is 182 Å². The normalized spacial score (nSPS) is 30.8. The molecule has 0 radical (unpaired) electrons. The Morgan fingerprint density at radius 2 is 1.74 bits per heavy atom. The van der Waals surface area contributed by atoms with Crippen molar-refractivity contribution in [3.63, 3.8) is 0 Å². The highest BCUT2D eigenvalue weighted by molar-refractivity contribution is 7.91. The summed E-state index contributed by atoms with van der Waals surface area (Å²) in [5.74, 6) is -1.17. The van der Waals surface area contributed by atoms with Gasteiger partial charge >= 0.3 is 6.09 Å². The lowest BCUT2D eigenvalue weighted by Gasteiger charge is -2.32. The predicted octanol–water partition coefficient (Wildman–Crippen LogP) is 5.22. The number of hydrogen-bond donors (Lipinski definition) is 3. The average molecular weight is 820 g/mol. The van der Waals surface area contributed by atoms with Crippen LogP contribution in [0.4, 0.5) is 4.79 Å². The van der Waals surface area contributed by atoms with Crippen molar-refractivity contribution >= 4 is 44.7 Å². The number of fused-ring (bicyclic) bond motifs is 5. The highest BCUT2D eigenvalue weighted by atomic mass is 32.2. The Morgan fingerprint density at radius 1 is 1.00 bits per heavy atom. The molecule has 4 saturated carbocycles. The van der Waals surface area contributed by atoms with Crippen LogP contribution in [0, 0.1) is 17.8 Å². The summed E-state index contributed by atoms with van der Waals surface area (Å²) in [6.07, 6.45) is 11.5. The number of aromatic nitrogens is 1. The van der Waals surface area contributed by atoms with Crippen molar-refractivity contribution in [1.29, 1.82) is 0 Å². The molecule has 58 heavy (non-hydrogen) atoms. The van der Waals surface area contributed by atoms with E-state index in [2.05, 4.69) is 21.9 Å². The number of alkyl carbamates (subject to hydrolysis) is 1. The highest BCUT2D eigenvalue weighted by Crippen LogP contribution is 2.46. The van der Waals surface area contributed by atoms with Crippen LogP contribution in [-0.4, -0.2) is 90.3 Å². The molecule has 2 bridgehead atoms. The molecular formula is C43H57N5O9S. The van der Waals surface area contributed by atoms with E-state index < -0.39 is 68.7 Å². The lowest BCUT2D eigenvalue weighted by Crippen LogP contribution is -2.59. The third-order valence-corrected chi connectivity index (χ3v) is 15.1. The molecule has 1 saturated heterocycles. The first-order chi connectivity index (χ1) is 28.0. The molecule has 3 heterocycles. The van der Waals surface area contributed by atoms with Crippen LogP contribution >= 0.6 is 0 Å². The second-order valence-electron chi connectivity index (χ2n) is 17.2. The van der Waals surface area contributed by atoms with Crippen molar-refractivity contribution in [2.24, 2.45) is 17.8 Å². The van der Waals surface area contributed by atoms with E-state index in [0.717, 1.165) is 81.6 Å². The molecule has 2 aromatic rings. The zero-order valence-electron chi connectivity index (χ0n) is 33.4. The van der Waals surface area contributed by atoms with E-state index in [1.165, 1.54) is 11.0 Å². The van der Waals surface area contributed by atoms with Crippen LogP contribution in [0.2, 0.25) is 0 Å². The van der Waals surface area contributed by atoms with Crippen molar-refractivity contribution in [1.82, 2.24) is 25.2 Å². The maximum atomic E-state index is 14.9. The van der Waals surface area contributed by atoms with Crippen molar-refractivity contribution in [3.05, 3.63) is 42.5 Å². The second kappa shape index (κ2) is 16.7. The Labute approximate surface area is 340 Å². The summed E-state index contributed by atoms with van der Waals surface area (Å²) in [6, 6.07) is 5.71. The Bertz CT molecular complexity index is 2030. The lowest BCUT2D eigenvalue weighted by molar-refractivity contribution is -0.142. The van der Waals surface area contributed by atoms with Crippen LogP contribution in [0.5, 0.6) is 11.6 Å². The fourth-order valence-electron chi connectivity index (χ4n) is 9.90. The third-order valence-electron chi connectivity index (χ3n) is 13.3. The highest BCUT2D eigenvalue weighted by Gasteiger charge is 2.62. The van der Waals surface area contributed by atoms with Crippen LogP contribution in [0.15, 0.2) is 36.9 Å². The summed E-state index contributed by atoms with van der Waals surface area (Å²) in [7, 11) is -3.90. The van der Waals surface area contributed by atoms with Crippen LogP contribution < -0.4 is 24.8 Å². The summed E-state index contributed by atoms with van der Waals surface area (Å²) >= 11 is 0. The first kappa shape index (κ1) is 40.4. The van der Waals surface area contributed by atoms with E-state index in [1.807, 2.05) is 31.2 Å². The van der Waals surface area contributed by atoms with Crippen molar-refractivity contribution in [2.75, 3.05) is 13.2 Å². The van der Waals surface area contributed by atoms with Gasteiger partial charge in [-0.25, -0.2) is 18.2 Å². The quantitative estimate of drug-likeness (QED) is 0.284. The lowest BCUT2D eigenvalue weighted by atomic mass is 9.96. The van der Waals surface area contributed by atoms with Gasteiger partial charge < -0.3 is 29.7 Å². The molecule has 4 aliphatic carbocycles. The number of nitrogens with one attached hydrogen (secondary N) is 3. The Hall–Kier alpha value is -4.40. The molecule has 1 aromatic carbocycles. The van der Waals surface area contributed by atoms with Gasteiger partial charge in [-0.3, -0.25) is 19.1 Å². The Balaban J connectivity index is 1.15. The number of amides is 4. The number of benzene rings is 1. The molecule has 5 fully saturated rings. The zero-order valence-corrected chi connectivity index (χ0v) is 34.2. The van der Waals surface area contributed by atoms with E-state index in [-0.39, 0.29) is 37.3 Å². The molecule has 3 N–H and O–H groups in total. The van der Waals surface area contributed by atoms with E-state index in [1.54, 1.807) is 0 Å². The summed E-state index contributed by atoms with van der Waals surface area (Å²) in [5, 5.41) is 6.09. The molecule has 2 aliphatic heterocycles. The third kappa shape index (κ3) is 8.24. The number of para-hydroxylation sites is 1. The van der Waals surface area contributed by atoms with Gasteiger partial charge in [0.05, 0.1) is 29.5 Å². The Morgan fingerprint density at radius 3 is 2.48 bits per heavy atom. The second-order valence-corrected chi connectivity index (χ2v) is 19.2. The molecule has 314 valence electrons. The minimum atomic E-state index is -3.90. The summed E-state index contributed by atoms with van der Waals surface area (Å²) < 4.78 is 47.0. The molecule has 1 aromatic heterocycles. The number of carbonyl (C=O) groups is 4. The van der Waals surface area contributed by atoms with Gasteiger partial charge in [0.2, 0.25) is 27.7 Å². The summed E-state index contributed by atoms with van der Waals surface area (Å²) in [6.45, 7) is 6.22. The van der Waals surface area contributed by atoms with Gasteiger partial charge in [0, 0.05) is 17.7 Å². The predicted molar refractivity (Wildman–Crippen MR) is 215 cm³/mol. The van der Waals surface area contributed by atoms with Crippen LogP contribution in [0.3, 0.4) is 0 Å². The first-order valence-corrected chi connectivity index (χ1v) is 23.0. The molecule has 15 heteroatoms. The first-order valence-electron chi connectivity index (χ1n) is 21.5. The summed E-state index contributed by atoms with van der Waals surface area (Å²) in [4.78, 5) is 63.3. The number of ether oxygens (including phenoxy) is 3. The molecule has 0 unspecified atom stereocenters. The van der Waals surface area contributed by atoms with Gasteiger partial charge in [0.15, 0.2) is 0 Å². The minimum absolute atomic E-state index is 0.0135. The smallest absolute Gasteiger partial charge is 0.408 e. The average Bonchev–Trinajstić information content (AvgIpc) is 3.99. The van der Waals surface area contributed by atoms with Crippen LogP contribution in [0.25, 0.3) is 10.9 Å². The standard InChI is InChI=1S/C43H57N5O9S/c1-3-28-24-43(28,41(51)47-58(53,54)30-21-22-30)46-38(49)34-23-29-25-48(34)40(50)36(27-14-8-9-15-27)45-42(52)57-35-20-12-16-26(35)13-6-5-7-18-32-37(55-4-2)31-17-10-11-19-33(31)44-39(32)56-29/h3,10-11,17,19,26-30,34-36H,1,4-9,12-16,18,20-25H2,2H3,(H,45,52)(H,46,49)(H,47,51)/t26-,28-,29-,34+,35-,36+,43-/m1/s1.